The molecule has 0 spiro atoms. The number of hydrogen-bond donors (Lipinski definition) is 2. The third-order valence-electron chi connectivity index (χ3n) is 6.03. The number of primary amides is 1. The molecule has 0 saturated heterocycles. The summed E-state index contributed by atoms with van der Waals surface area (Å²) in [5.41, 5.74) is 7.57. The van der Waals surface area contributed by atoms with Crippen molar-refractivity contribution in [1.29, 1.82) is 0 Å². The lowest BCUT2D eigenvalue weighted by Gasteiger charge is -2.36. The van der Waals surface area contributed by atoms with Gasteiger partial charge in [-0.2, -0.15) is 0 Å². The van der Waals surface area contributed by atoms with E-state index in [-0.39, 0.29) is 21.7 Å². The number of aryl methyl sites for hydroxylation is 1. The van der Waals surface area contributed by atoms with Crippen molar-refractivity contribution in [3.63, 3.8) is 0 Å². The molecule has 0 aliphatic heterocycles. The highest BCUT2D eigenvalue weighted by atomic mass is 35.5. The highest BCUT2D eigenvalue weighted by Gasteiger charge is 2.41. The summed E-state index contributed by atoms with van der Waals surface area (Å²) in [6.07, 6.45) is 2.21. The van der Waals surface area contributed by atoms with E-state index in [1.54, 1.807) is 31.3 Å². The van der Waals surface area contributed by atoms with Crippen LogP contribution in [0.1, 0.15) is 61.6 Å². The molecule has 1 aromatic heterocycles. The van der Waals surface area contributed by atoms with Crippen LogP contribution in [-0.4, -0.2) is 32.8 Å². The van der Waals surface area contributed by atoms with Gasteiger partial charge in [0, 0.05) is 16.9 Å². The van der Waals surface area contributed by atoms with Crippen molar-refractivity contribution >= 4 is 29.4 Å². The number of nitrogens with zero attached hydrogens (tertiary/aromatic N) is 2. The number of pyridine rings is 1. The molecule has 0 saturated carbocycles. The number of carbonyl (C=O) groups excluding carboxylic acids is 2. The molecule has 1 heterocycles. The van der Waals surface area contributed by atoms with Crippen molar-refractivity contribution < 1.29 is 23.9 Å². The zero-order valence-electron chi connectivity index (χ0n) is 18.2. The number of carbonyl (C=O) groups is 3. The largest absolute Gasteiger partial charge is 0.478 e. The number of amides is 2. The molecule has 9 heteroatoms. The topological polar surface area (TPSA) is 114 Å². The molecular weight excluding hydrogens is 461 g/mol. The van der Waals surface area contributed by atoms with Crippen LogP contribution in [0.5, 0.6) is 0 Å². The van der Waals surface area contributed by atoms with E-state index in [0.29, 0.717) is 29.7 Å². The van der Waals surface area contributed by atoms with E-state index in [1.807, 2.05) is 0 Å². The van der Waals surface area contributed by atoms with E-state index >= 15 is 0 Å². The molecular formula is C25H21ClFN3O4. The van der Waals surface area contributed by atoms with Crippen molar-refractivity contribution in [3.8, 4) is 0 Å². The minimum Gasteiger partial charge on any atom is -0.478 e. The summed E-state index contributed by atoms with van der Waals surface area (Å²) < 4.78 is 14.6. The number of carboxylic acids is 1. The molecule has 0 unspecified atom stereocenters. The van der Waals surface area contributed by atoms with Gasteiger partial charge in [0.2, 0.25) is 5.91 Å². The molecule has 0 radical (unpaired) electrons. The average molecular weight is 482 g/mol. The number of fused-ring (bicyclic) bond motifs is 1. The van der Waals surface area contributed by atoms with Crippen LogP contribution < -0.4 is 5.73 Å². The Kier molecular flexibility index (Phi) is 6.34. The molecule has 0 fully saturated rings. The average Bonchev–Trinajstić information content (AvgIpc) is 3.20. The second kappa shape index (κ2) is 9.23. The van der Waals surface area contributed by atoms with Gasteiger partial charge in [-0.15, -0.1) is 0 Å². The molecule has 2 amide bonds. The van der Waals surface area contributed by atoms with Gasteiger partial charge >= 0.3 is 5.97 Å². The van der Waals surface area contributed by atoms with Gasteiger partial charge in [0.15, 0.2) is 0 Å². The Morgan fingerprint density at radius 3 is 2.65 bits per heavy atom. The van der Waals surface area contributed by atoms with Gasteiger partial charge in [-0.25, -0.2) is 9.18 Å². The number of nitrogens with two attached hydrogens (primary N) is 1. The van der Waals surface area contributed by atoms with E-state index in [4.69, 9.17) is 17.3 Å². The number of hydrogen-bond acceptors (Lipinski definition) is 4. The Balaban J connectivity index is 1.92. The van der Waals surface area contributed by atoms with Gasteiger partial charge < -0.3 is 15.7 Å². The van der Waals surface area contributed by atoms with Crippen molar-refractivity contribution in [1.82, 2.24) is 9.88 Å². The molecule has 0 bridgehead atoms. The van der Waals surface area contributed by atoms with Crippen molar-refractivity contribution in [2.24, 2.45) is 5.73 Å². The fourth-order valence-electron chi connectivity index (χ4n) is 4.50. The summed E-state index contributed by atoms with van der Waals surface area (Å²) >= 11 is 6.12. The Labute approximate surface area is 200 Å². The Bertz CT molecular complexity index is 1310. The maximum Gasteiger partial charge on any atom is 0.335 e. The second-order valence-electron chi connectivity index (χ2n) is 8.09. The first-order valence-corrected chi connectivity index (χ1v) is 10.9. The molecule has 34 heavy (non-hydrogen) atoms. The molecule has 1 aliphatic rings. The fourth-order valence-corrected chi connectivity index (χ4v) is 4.72. The highest BCUT2D eigenvalue weighted by Crippen LogP contribution is 2.43. The minimum atomic E-state index is -1.32. The first-order chi connectivity index (χ1) is 16.2. The summed E-state index contributed by atoms with van der Waals surface area (Å²) in [4.78, 5) is 43.7. The summed E-state index contributed by atoms with van der Waals surface area (Å²) in [5.74, 6) is -3.06. The van der Waals surface area contributed by atoms with Gasteiger partial charge in [0.05, 0.1) is 17.2 Å². The number of carboxylic acid groups (broad SMARTS) is 1. The zero-order chi connectivity index (χ0) is 24.6. The number of halogens is 2. The third-order valence-corrected chi connectivity index (χ3v) is 6.24. The van der Waals surface area contributed by atoms with Crippen molar-refractivity contribution in [3.05, 3.63) is 99.1 Å². The Hall–Kier alpha value is -3.78. The molecule has 3 aromatic rings. The van der Waals surface area contributed by atoms with Crippen LogP contribution in [0, 0.1) is 12.7 Å². The standard InChI is InChI=1S/C25H21ClFN3O4/c1-13-17(6-3-9-29-13)24(32)30(21-8-7-18-19(21)11-16(26)12-20(18)27)22(23(28)31)14-4-2-5-15(10-14)25(33)34/h2-6,9-12,21-22H,7-8H2,1H3,(H2,28,31)(H,33,34)/t21-,22-/m1/s1. The normalized spacial score (nSPS) is 15.4. The lowest BCUT2D eigenvalue weighted by Crippen LogP contribution is -2.43. The van der Waals surface area contributed by atoms with Crippen molar-refractivity contribution in [2.75, 3.05) is 0 Å². The molecule has 1 aliphatic carbocycles. The summed E-state index contributed by atoms with van der Waals surface area (Å²) in [5, 5.41) is 9.60. The number of benzene rings is 2. The highest BCUT2D eigenvalue weighted by molar-refractivity contribution is 6.30. The number of aromatic carboxylic acids is 1. The molecule has 2 atom stereocenters. The van der Waals surface area contributed by atoms with Gasteiger partial charge in [-0.3, -0.25) is 14.6 Å². The predicted octanol–water partition coefficient (Wildman–Crippen LogP) is 4.24. The molecule has 4 rings (SSSR count). The summed E-state index contributed by atoms with van der Waals surface area (Å²) in [6.45, 7) is 1.66. The minimum absolute atomic E-state index is 0.0605. The molecule has 3 N–H and O–H groups in total. The molecule has 7 nitrogen and oxygen atoms in total. The quantitative estimate of drug-likeness (QED) is 0.546. The SMILES string of the molecule is Cc1ncccc1C(=O)N([C@@H]1CCc2c(F)cc(Cl)cc21)[C@@H](C(N)=O)c1cccc(C(=O)O)c1. The molecule has 174 valence electrons. The van der Waals surface area contributed by atoms with Crippen LogP contribution in [0.15, 0.2) is 54.7 Å². The van der Waals surface area contributed by atoms with Crippen LogP contribution in [0.25, 0.3) is 0 Å². The number of rotatable bonds is 6. The monoisotopic (exact) mass is 481 g/mol. The van der Waals surface area contributed by atoms with E-state index in [0.717, 1.165) is 0 Å². The van der Waals surface area contributed by atoms with Crippen LogP contribution >= 0.6 is 11.6 Å². The smallest absolute Gasteiger partial charge is 0.335 e. The Morgan fingerprint density at radius 2 is 1.97 bits per heavy atom. The van der Waals surface area contributed by atoms with Crippen LogP contribution in [0.4, 0.5) is 4.39 Å². The number of aromatic nitrogens is 1. The van der Waals surface area contributed by atoms with Crippen LogP contribution in [0.3, 0.4) is 0 Å². The lowest BCUT2D eigenvalue weighted by molar-refractivity contribution is -0.123. The Morgan fingerprint density at radius 1 is 1.21 bits per heavy atom. The molecule has 2 aromatic carbocycles. The zero-order valence-corrected chi connectivity index (χ0v) is 18.9. The first kappa shape index (κ1) is 23.4. The summed E-state index contributed by atoms with van der Waals surface area (Å²) in [6, 6.07) is 9.63. The fraction of sp³-hybridized carbons (Fsp3) is 0.200. The predicted molar refractivity (Wildman–Crippen MR) is 123 cm³/mol. The van der Waals surface area contributed by atoms with Gasteiger partial charge in [-0.05, 0) is 72.9 Å². The second-order valence-corrected chi connectivity index (χ2v) is 8.53. The van der Waals surface area contributed by atoms with E-state index < -0.39 is 35.7 Å². The van der Waals surface area contributed by atoms with Crippen LogP contribution in [-0.2, 0) is 11.2 Å². The van der Waals surface area contributed by atoms with E-state index in [2.05, 4.69) is 4.98 Å². The van der Waals surface area contributed by atoms with Gasteiger partial charge in [0.1, 0.15) is 11.9 Å². The van der Waals surface area contributed by atoms with Crippen molar-refractivity contribution in [2.45, 2.75) is 31.8 Å². The van der Waals surface area contributed by atoms with Gasteiger partial charge in [-0.1, -0.05) is 23.7 Å². The lowest BCUT2D eigenvalue weighted by atomic mass is 9.96. The third kappa shape index (κ3) is 4.24. The maximum atomic E-state index is 14.6. The van der Waals surface area contributed by atoms with E-state index in [9.17, 15) is 23.9 Å². The van der Waals surface area contributed by atoms with E-state index in [1.165, 1.54) is 35.2 Å². The van der Waals surface area contributed by atoms with Gasteiger partial charge in [0.25, 0.3) is 5.91 Å². The van der Waals surface area contributed by atoms with Crippen LogP contribution in [0.2, 0.25) is 5.02 Å². The first-order valence-electron chi connectivity index (χ1n) is 10.5. The summed E-state index contributed by atoms with van der Waals surface area (Å²) in [7, 11) is 0. The maximum absolute atomic E-state index is 14.6.